The van der Waals surface area contributed by atoms with Crippen molar-refractivity contribution in [2.45, 2.75) is 33.2 Å². The smallest absolute Gasteiger partial charge is 0.404 e. The van der Waals surface area contributed by atoms with Gasteiger partial charge in [0.05, 0.1) is 0 Å². The molecular weight excluding hydrogens is 296 g/mol. The van der Waals surface area contributed by atoms with Gasteiger partial charge in [-0.25, -0.2) is 9.69 Å². The van der Waals surface area contributed by atoms with Gasteiger partial charge >= 0.3 is 6.09 Å². The second kappa shape index (κ2) is 5.87. The zero-order valence-electron chi connectivity index (χ0n) is 13.9. The highest BCUT2D eigenvalue weighted by molar-refractivity contribution is 6.10. The van der Waals surface area contributed by atoms with E-state index in [9.17, 15) is 14.4 Å². The number of imide groups is 1. The van der Waals surface area contributed by atoms with Gasteiger partial charge in [0.25, 0.3) is 5.91 Å². The van der Waals surface area contributed by atoms with Crippen LogP contribution in [0.2, 0.25) is 0 Å². The van der Waals surface area contributed by atoms with Gasteiger partial charge in [-0.1, -0.05) is 12.1 Å². The standard InChI is InChI=1S/C17H20N2O4/c1-11(20)18(5)13-8-6-12(7-9-13)10-14-15(21)19(16(22)23-14)17(2,3)4/h6-10H,1-5H3/b14-10+. The molecule has 1 aliphatic heterocycles. The molecule has 0 bridgehead atoms. The number of carbonyl (C=O) groups is 3. The van der Waals surface area contributed by atoms with Crippen LogP contribution in [0.25, 0.3) is 6.08 Å². The van der Waals surface area contributed by atoms with E-state index in [0.29, 0.717) is 5.56 Å². The van der Waals surface area contributed by atoms with Crippen molar-refractivity contribution in [3.05, 3.63) is 35.6 Å². The van der Waals surface area contributed by atoms with E-state index < -0.39 is 17.5 Å². The molecule has 0 aliphatic carbocycles. The first-order valence-corrected chi connectivity index (χ1v) is 7.23. The molecule has 1 heterocycles. The maximum absolute atomic E-state index is 12.3. The van der Waals surface area contributed by atoms with E-state index in [2.05, 4.69) is 0 Å². The normalized spacial score (nSPS) is 16.7. The predicted molar refractivity (Wildman–Crippen MR) is 86.6 cm³/mol. The zero-order valence-corrected chi connectivity index (χ0v) is 13.9. The van der Waals surface area contributed by atoms with Crippen molar-refractivity contribution >= 4 is 29.7 Å². The molecule has 1 fully saturated rings. The molecule has 0 aromatic heterocycles. The first kappa shape index (κ1) is 16.7. The maximum Gasteiger partial charge on any atom is 0.423 e. The summed E-state index contributed by atoms with van der Waals surface area (Å²) >= 11 is 0. The van der Waals surface area contributed by atoms with Crippen LogP contribution in [0.5, 0.6) is 0 Å². The monoisotopic (exact) mass is 316 g/mol. The Balaban J connectivity index is 2.25. The van der Waals surface area contributed by atoms with E-state index in [-0.39, 0.29) is 11.7 Å². The molecule has 0 spiro atoms. The van der Waals surface area contributed by atoms with Crippen LogP contribution in [0.4, 0.5) is 10.5 Å². The van der Waals surface area contributed by atoms with Crippen LogP contribution in [0.3, 0.4) is 0 Å². The Morgan fingerprint density at radius 1 is 1.17 bits per heavy atom. The van der Waals surface area contributed by atoms with Gasteiger partial charge in [0.1, 0.15) is 0 Å². The van der Waals surface area contributed by atoms with Gasteiger partial charge in [0.2, 0.25) is 5.91 Å². The summed E-state index contributed by atoms with van der Waals surface area (Å²) in [5, 5.41) is 0. The molecule has 6 heteroatoms. The van der Waals surface area contributed by atoms with Crippen LogP contribution in [-0.2, 0) is 14.3 Å². The van der Waals surface area contributed by atoms with Gasteiger partial charge in [0.15, 0.2) is 5.76 Å². The molecular formula is C17H20N2O4. The first-order valence-electron chi connectivity index (χ1n) is 7.23. The van der Waals surface area contributed by atoms with Crippen molar-refractivity contribution in [1.29, 1.82) is 0 Å². The van der Waals surface area contributed by atoms with Crippen molar-refractivity contribution in [2.75, 3.05) is 11.9 Å². The number of rotatable bonds is 2. The Kier molecular flexibility index (Phi) is 4.27. The van der Waals surface area contributed by atoms with Crippen LogP contribution in [0.1, 0.15) is 33.3 Å². The third-order valence-electron chi connectivity index (χ3n) is 3.52. The summed E-state index contributed by atoms with van der Waals surface area (Å²) in [6.45, 7) is 6.78. The summed E-state index contributed by atoms with van der Waals surface area (Å²) in [5.41, 5.74) is 0.806. The Morgan fingerprint density at radius 3 is 2.17 bits per heavy atom. The molecule has 1 aliphatic rings. The van der Waals surface area contributed by atoms with Gasteiger partial charge in [-0.05, 0) is 44.5 Å². The largest absolute Gasteiger partial charge is 0.423 e. The molecule has 1 aromatic rings. The fraction of sp³-hybridized carbons (Fsp3) is 0.353. The van der Waals surface area contributed by atoms with Crippen LogP contribution in [0, 0.1) is 0 Å². The maximum atomic E-state index is 12.3. The average molecular weight is 316 g/mol. The summed E-state index contributed by atoms with van der Waals surface area (Å²) in [7, 11) is 1.68. The number of hydrogen-bond acceptors (Lipinski definition) is 4. The van der Waals surface area contributed by atoms with E-state index in [4.69, 9.17) is 4.74 Å². The summed E-state index contributed by atoms with van der Waals surface area (Å²) in [4.78, 5) is 38.1. The summed E-state index contributed by atoms with van der Waals surface area (Å²) in [6, 6.07) is 7.03. The molecule has 3 amide bonds. The molecule has 1 aromatic carbocycles. The average Bonchev–Trinajstić information content (AvgIpc) is 2.73. The molecule has 0 saturated carbocycles. The Labute approximate surface area is 135 Å². The molecule has 0 unspecified atom stereocenters. The second-order valence-electron chi connectivity index (χ2n) is 6.36. The third-order valence-corrected chi connectivity index (χ3v) is 3.52. The fourth-order valence-electron chi connectivity index (χ4n) is 2.17. The predicted octanol–water partition coefficient (Wildman–Crippen LogP) is 2.79. The number of anilines is 1. The molecule has 0 atom stereocenters. The van der Waals surface area contributed by atoms with Gasteiger partial charge < -0.3 is 9.64 Å². The minimum atomic E-state index is -0.665. The van der Waals surface area contributed by atoms with Gasteiger partial charge in [0, 0.05) is 25.2 Å². The van der Waals surface area contributed by atoms with Crippen LogP contribution < -0.4 is 4.90 Å². The quantitative estimate of drug-likeness (QED) is 0.787. The fourth-order valence-corrected chi connectivity index (χ4v) is 2.17. The van der Waals surface area contributed by atoms with Gasteiger partial charge in [-0.3, -0.25) is 9.59 Å². The molecule has 23 heavy (non-hydrogen) atoms. The summed E-state index contributed by atoms with van der Waals surface area (Å²) < 4.78 is 5.07. The Morgan fingerprint density at radius 2 is 1.74 bits per heavy atom. The van der Waals surface area contributed by atoms with E-state index in [0.717, 1.165) is 10.6 Å². The van der Waals surface area contributed by atoms with Crippen molar-refractivity contribution < 1.29 is 19.1 Å². The number of benzene rings is 1. The number of amides is 3. The number of ether oxygens (including phenoxy) is 1. The molecule has 0 N–H and O–H groups in total. The SMILES string of the molecule is CC(=O)N(C)c1ccc(/C=C2/OC(=O)N(C(C)(C)C)C2=O)cc1. The third kappa shape index (κ3) is 3.41. The van der Waals surface area contributed by atoms with E-state index in [1.165, 1.54) is 17.9 Å². The minimum absolute atomic E-state index is 0.00222. The van der Waals surface area contributed by atoms with E-state index in [1.807, 2.05) is 0 Å². The van der Waals surface area contributed by atoms with Crippen molar-refractivity contribution in [1.82, 2.24) is 4.90 Å². The molecule has 1 saturated heterocycles. The number of nitrogens with zero attached hydrogens (tertiary/aromatic N) is 2. The Hall–Kier alpha value is -2.63. The zero-order chi connectivity index (χ0) is 17.4. The van der Waals surface area contributed by atoms with Crippen molar-refractivity contribution in [3.8, 4) is 0 Å². The lowest BCUT2D eigenvalue weighted by Crippen LogP contribution is -2.44. The Bertz CT molecular complexity index is 684. The minimum Gasteiger partial charge on any atom is -0.404 e. The van der Waals surface area contributed by atoms with E-state index >= 15 is 0 Å². The first-order chi connectivity index (χ1) is 10.6. The molecule has 122 valence electrons. The van der Waals surface area contributed by atoms with Crippen molar-refractivity contribution in [2.24, 2.45) is 0 Å². The van der Waals surface area contributed by atoms with E-state index in [1.54, 1.807) is 52.1 Å². The molecule has 6 nitrogen and oxygen atoms in total. The highest BCUT2D eigenvalue weighted by Crippen LogP contribution is 2.27. The van der Waals surface area contributed by atoms with Gasteiger partial charge in [-0.2, -0.15) is 0 Å². The van der Waals surface area contributed by atoms with Crippen molar-refractivity contribution in [3.63, 3.8) is 0 Å². The lowest BCUT2D eigenvalue weighted by Gasteiger charge is -2.26. The lowest BCUT2D eigenvalue weighted by molar-refractivity contribution is -0.126. The van der Waals surface area contributed by atoms with Gasteiger partial charge in [-0.15, -0.1) is 0 Å². The molecule has 2 rings (SSSR count). The number of cyclic esters (lactones) is 1. The highest BCUT2D eigenvalue weighted by atomic mass is 16.6. The summed E-state index contributed by atoms with van der Waals surface area (Å²) in [6.07, 6.45) is 0.852. The summed E-state index contributed by atoms with van der Waals surface area (Å²) in [5.74, 6) is -0.526. The van der Waals surface area contributed by atoms with Crippen LogP contribution in [0.15, 0.2) is 30.0 Å². The number of carbonyl (C=O) groups excluding carboxylic acids is 3. The lowest BCUT2D eigenvalue weighted by atomic mass is 10.1. The molecule has 0 radical (unpaired) electrons. The van der Waals surface area contributed by atoms with Crippen LogP contribution >= 0.6 is 0 Å². The van der Waals surface area contributed by atoms with Crippen LogP contribution in [-0.4, -0.2) is 35.4 Å². The topological polar surface area (TPSA) is 66.9 Å². The second-order valence-corrected chi connectivity index (χ2v) is 6.36. The highest BCUT2D eigenvalue weighted by Gasteiger charge is 2.43. The number of hydrogen-bond donors (Lipinski definition) is 0.